The van der Waals surface area contributed by atoms with E-state index in [9.17, 15) is 4.79 Å². The van der Waals surface area contributed by atoms with Gasteiger partial charge < -0.3 is 4.79 Å². The Bertz CT molecular complexity index is 36.5. The zero-order valence-corrected chi connectivity index (χ0v) is 4.11. The molecule has 0 unspecified atom stereocenters. The molecule has 0 aromatic heterocycles. The van der Waals surface area contributed by atoms with Crippen molar-refractivity contribution in [2.75, 3.05) is 5.88 Å². The normalized spacial score (nSPS) is 8.17. The van der Waals surface area contributed by atoms with Crippen molar-refractivity contribution in [2.24, 2.45) is 0 Å². The molecule has 0 aromatic carbocycles. The van der Waals surface area contributed by atoms with E-state index in [-0.39, 0.29) is 0 Å². The zero-order valence-electron chi connectivity index (χ0n) is 3.36. The number of unbranched alkanes of at least 4 members (excludes halogenated alkanes) is 1. The van der Waals surface area contributed by atoms with Gasteiger partial charge in [-0.15, -0.1) is 11.6 Å². The van der Waals surface area contributed by atoms with Crippen molar-refractivity contribution in [3.8, 4) is 0 Å². The molecule has 1 radical (unpaired) electrons. The minimum atomic E-state index is 0.471. The lowest BCUT2D eigenvalue weighted by Gasteiger charge is -1.76. The van der Waals surface area contributed by atoms with Crippen molar-refractivity contribution in [3.05, 3.63) is 6.42 Å². The van der Waals surface area contributed by atoms with Crippen LogP contribution >= 0.6 is 11.6 Å². The second kappa shape index (κ2) is 4.96. The van der Waals surface area contributed by atoms with Crippen LogP contribution < -0.4 is 0 Å². The number of rotatable bonds is 3. The molecule has 0 heterocycles. The van der Waals surface area contributed by atoms with E-state index < -0.39 is 0 Å². The molecule has 0 aliphatic rings. The fourth-order valence-corrected chi connectivity index (χ4v) is 0.257. The maximum absolute atomic E-state index is 9.47. The lowest BCUT2D eigenvalue weighted by molar-refractivity contribution is -0.107. The number of aldehydes is 1. The summed E-state index contributed by atoms with van der Waals surface area (Å²) in [5.41, 5.74) is 0. The quantitative estimate of drug-likeness (QED) is 0.298. The molecule has 2 heteroatoms. The molecular formula is C4H6ClO. The molecule has 0 aromatic rings. The largest absolute Gasteiger partial charge is 0.303 e. The highest BCUT2D eigenvalue weighted by molar-refractivity contribution is 6.18. The Hall–Kier alpha value is -0.0400. The van der Waals surface area contributed by atoms with Crippen molar-refractivity contribution >= 4 is 17.9 Å². The predicted octanol–water partition coefficient (Wildman–Crippen LogP) is 1.02. The zero-order chi connectivity index (χ0) is 4.83. The lowest BCUT2D eigenvalue weighted by Crippen LogP contribution is -1.75. The van der Waals surface area contributed by atoms with Gasteiger partial charge in [0.15, 0.2) is 0 Å². The summed E-state index contributed by atoms with van der Waals surface area (Å²) in [5.74, 6) is 0.471. The second-order valence-corrected chi connectivity index (χ2v) is 1.15. The Balaban J connectivity index is 2.49. The van der Waals surface area contributed by atoms with Gasteiger partial charge in [0.25, 0.3) is 0 Å². The van der Waals surface area contributed by atoms with Gasteiger partial charge in [-0.3, -0.25) is 0 Å². The van der Waals surface area contributed by atoms with Gasteiger partial charge in [-0.2, -0.15) is 0 Å². The molecule has 0 aliphatic carbocycles. The third kappa shape index (κ3) is 3.96. The Morgan fingerprint density at radius 1 is 1.67 bits per heavy atom. The third-order valence-electron chi connectivity index (χ3n) is 0.372. The molecule has 0 fully saturated rings. The van der Waals surface area contributed by atoms with E-state index in [1.165, 1.54) is 0 Å². The number of carbonyl (C=O) groups is 1. The van der Waals surface area contributed by atoms with Crippen LogP contribution in [-0.4, -0.2) is 12.2 Å². The summed E-state index contributed by atoms with van der Waals surface area (Å²) in [6, 6.07) is 0. The summed E-state index contributed by atoms with van der Waals surface area (Å²) in [5, 5.41) is 0. The SMILES string of the molecule is O=CC[CH]CCl. The van der Waals surface area contributed by atoms with Crippen molar-refractivity contribution in [2.45, 2.75) is 6.42 Å². The predicted molar refractivity (Wildman–Crippen MR) is 25.7 cm³/mol. The van der Waals surface area contributed by atoms with Gasteiger partial charge in [0, 0.05) is 12.3 Å². The van der Waals surface area contributed by atoms with Crippen molar-refractivity contribution < 1.29 is 4.79 Å². The molecule has 0 amide bonds. The van der Waals surface area contributed by atoms with Gasteiger partial charge in [0.1, 0.15) is 6.29 Å². The molecule has 35 valence electrons. The molecular weight excluding hydrogens is 99.5 g/mol. The van der Waals surface area contributed by atoms with Crippen molar-refractivity contribution in [3.63, 3.8) is 0 Å². The van der Waals surface area contributed by atoms with Gasteiger partial charge in [-0.05, 0) is 6.42 Å². The van der Waals surface area contributed by atoms with Crippen LogP contribution in [-0.2, 0) is 4.79 Å². The fraction of sp³-hybridized carbons (Fsp3) is 0.500. The van der Waals surface area contributed by atoms with E-state index in [1.54, 1.807) is 6.42 Å². The molecule has 0 aliphatic heterocycles. The average molecular weight is 106 g/mol. The Morgan fingerprint density at radius 2 is 2.33 bits per heavy atom. The van der Waals surface area contributed by atoms with Crippen LogP contribution in [0.3, 0.4) is 0 Å². The first-order chi connectivity index (χ1) is 2.91. The van der Waals surface area contributed by atoms with Gasteiger partial charge in [0.05, 0.1) is 0 Å². The van der Waals surface area contributed by atoms with Crippen LogP contribution in [0.5, 0.6) is 0 Å². The summed E-state index contributed by atoms with van der Waals surface area (Å²) in [4.78, 5) is 9.47. The first kappa shape index (κ1) is 5.96. The van der Waals surface area contributed by atoms with Gasteiger partial charge in [-0.25, -0.2) is 0 Å². The Morgan fingerprint density at radius 3 is 2.50 bits per heavy atom. The number of halogens is 1. The molecule has 0 rings (SSSR count). The summed E-state index contributed by atoms with van der Waals surface area (Å²) in [7, 11) is 0. The topological polar surface area (TPSA) is 17.1 Å². The van der Waals surface area contributed by atoms with E-state index in [4.69, 9.17) is 11.6 Å². The van der Waals surface area contributed by atoms with Crippen LogP contribution in [0.2, 0.25) is 0 Å². The maximum Gasteiger partial charge on any atom is 0.120 e. The van der Waals surface area contributed by atoms with Crippen LogP contribution in [0.1, 0.15) is 6.42 Å². The lowest BCUT2D eigenvalue weighted by atomic mass is 10.4. The van der Waals surface area contributed by atoms with Crippen molar-refractivity contribution in [1.29, 1.82) is 0 Å². The highest BCUT2D eigenvalue weighted by atomic mass is 35.5. The molecule has 0 bridgehead atoms. The number of hydrogen-bond acceptors (Lipinski definition) is 1. The number of hydrogen-bond donors (Lipinski definition) is 0. The summed E-state index contributed by atoms with van der Waals surface area (Å²) >= 11 is 5.17. The standard InChI is InChI=1S/C4H6ClO/c5-3-1-2-4-6/h1,4H,2-3H2. The minimum absolute atomic E-state index is 0.471. The van der Waals surface area contributed by atoms with Crippen LogP contribution in [0.4, 0.5) is 0 Å². The molecule has 6 heavy (non-hydrogen) atoms. The molecule has 0 atom stereocenters. The second-order valence-electron chi connectivity index (χ2n) is 0.845. The van der Waals surface area contributed by atoms with Crippen LogP contribution in [0.25, 0.3) is 0 Å². The molecule has 0 spiro atoms. The molecule has 1 nitrogen and oxygen atoms in total. The third-order valence-corrected chi connectivity index (χ3v) is 0.590. The first-order valence-corrected chi connectivity index (χ1v) is 2.26. The van der Waals surface area contributed by atoms with E-state index >= 15 is 0 Å². The highest BCUT2D eigenvalue weighted by Gasteiger charge is 1.77. The number of carbonyl (C=O) groups excluding carboxylic acids is 1. The van der Waals surface area contributed by atoms with Gasteiger partial charge in [-0.1, -0.05) is 0 Å². The van der Waals surface area contributed by atoms with E-state index in [2.05, 4.69) is 0 Å². The summed E-state index contributed by atoms with van der Waals surface area (Å²) < 4.78 is 0. The fourth-order valence-electron chi connectivity index (χ4n) is 0.131. The van der Waals surface area contributed by atoms with E-state index in [1.807, 2.05) is 0 Å². The first-order valence-electron chi connectivity index (χ1n) is 1.73. The van der Waals surface area contributed by atoms with Crippen LogP contribution in [0, 0.1) is 6.42 Å². The molecule has 0 saturated heterocycles. The minimum Gasteiger partial charge on any atom is -0.303 e. The highest BCUT2D eigenvalue weighted by Crippen LogP contribution is 1.83. The summed E-state index contributed by atoms with van der Waals surface area (Å²) in [6.07, 6.45) is 3.00. The smallest absolute Gasteiger partial charge is 0.120 e. The number of alkyl halides is 1. The van der Waals surface area contributed by atoms with Gasteiger partial charge in [0.2, 0.25) is 0 Å². The van der Waals surface area contributed by atoms with Crippen LogP contribution in [0.15, 0.2) is 0 Å². The van der Waals surface area contributed by atoms with E-state index in [0.717, 1.165) is 6.29 Å². The molecule has 0 saturated carbocycles. The monoisotopic (exact) mass is 105 g/mol. The maximum atomic E-state index is 9.47. The molecule has 0 N–H and O–H groups in total. The van der Waals surface area contributed by atoms with Gasteiger partial charge >= 0.3 is 0 Å². The average Bonchev–Trinajstić information content (AvgIpc) is 1.61. The Kier molecular flexibility index (Phi) is 4.93. The summed E-state index contributed by atoms with van der Waals surface area (Å²) in [6.45, 7) is 0. The van der Waals surface area contributed by atoms with Crippen molar-refractivity contribution in [1.82, 2.24) is 0 Å². The van der Waals surface area contributed by atoms with E-state index in [0.29, 0.717) is 12.3 Å². The Labute approximate surface area is 42.3 Å².